The molecule has 0 radical (unpaired) electrons. The summed E-state index contributed by atoms with van der Waals surface area (Å²) in [6.45, 7) is 7.85. The summed E-state index contributed by atoms with van der Waals surface area (Å²) in [5.74, 6) is 1.26. The monoisotopic (exact) mass is 434 g/mol. The Morgan fingerprint density at radius 3 is 2.22 bits per heavy atom. The molecule has 1 atom stereocenters. The van der Waals surface area contributed by atoms with Crippen molar-refractivity contribution in [2.24, 2.45) is 17.8 Å². The molecule has 6 nitrogen and oxygen atoms in total. The molecular formula is C26H34N4O2. The van der Waals surface area contributed by atoms with Gasteiger partial charge in [-0.15, -0.1) is 0 Å². The predicted octanol–water partition coefficient (Wildman–Crippen LogP) is 4.05. The number of benzene rings is 2. The van der Waals surface area contributed by atoms with E-state index in [9.17, 15) is 9.59 Å². The van der Waals surface area contributed by atoms with Crippen molar-refractivity contribution in [1.29, 1.82) is 0 Å². The zero-order valence-corrected chi connectivity index (χ0v) is 19.1. The van der Waals surface area contributed by atoms with Crippen LogP contribution in [0.1, 0.15) is 38.7 Å². The van der Waals surface area contributed by atoms with E-state index >= 15 is 0 Å². The summed E-state index contributed by atoms with van der Waals surface area (Å²) < 4.78 is 0. The second-order valence-corrected chi connectivity index (χ2v) is 9.36. The minimum Gasteiger partial charge on any atom is -0.372 e. The Hall–Kier alpha value is -3.02. The van der Waals surface area contributed by atoms with Gasteiger partial charge in [0.15, 0.2) is 0 Å². The van der Waals surface area contributed by atoms with E-state index in [4.69, 9.17) is 0 Å². The first-order valence-electron chi connectivity index (χ1n) is 11.7. The lowest BCUT2D eigenvalue weighted by Gasteiger charge is -2.35. The molecular weight excluding hydrogens is 400 g/mol. The molecule has 6 heteroatoms. The van der Waals surface area contributed by atoms with Crippen molar-refractivity contribution < 1.29 is 9.59 Å². The molecule has 2 amide bonds. The number of anilines is 3. The van der Waals surface area contributed by atoms with Gasteiger partial charge in [0, 0.05) is 49.7 Å². The molecule has 0 saturated carbocycles. The Balaban J connectivity index is 1.25. The van der Waals surface area contributed by atoms with Gasteiger partial charge in [-0.1, -0.05) is 26.0 Å². The lowest BCUT2D eigenvalue weighted by atomic mass is 9.86. The van der Waals surface area contributed by atoms with Gasteiger partial charge < -0.3 is 20.9 Å². The Morgan fingerprint density at radius 1 is 1.03 bits per heavy atom. The zero-order chi connectivity index (χ0) is 22.5. The molecule has 2 aromatic carbocycles. The molecule has 0 aromatic heterocycles. The van der Waals surface area contributed by atoms with E-state index in [1.807, 2.05) is 24.3 Å². The van der Waals surface area contributed by atoms with Crippen molar-refractivity contribution in [1.82, 2.24) is 10.6 Å². The van der Waals surface area contributed by atoms with E-state index in [-0.39, 0.29) is 24.2 Å². The summed E-state index contributed by atoms with van der Waals surface area (Å²) >= 11 is 0. The Bertz CT molecular complexity index is 916. The number of piperidine rings is 1. The third-order valence-electron chi connectivity index (χ3n) is 6.77. The first-order valence-corrected chi connectivity index (χ1v) is 11.7. The standard InChI is InChI=1S/C26H34N4O2/c1-18(2)20-11-13-30(14-12-20)24-9-7-23(8-10-24)29-22-5-3-19(4-6-22)16-28-26(32)21-15-25(31)27-17-21/h3-10,18,20-21,29H,11-17H2,1-2H3,(H,27,31)(H,28,32). The number of carbonyl (C=O) groups is 2. The topological polar surface area (TPSA) is 73.5 Å². The van der Waals surface area contributed by atoms with Crippen molar-refractivity contribution >= 4 is 28.9 Å². The smallest absolute Gasteiger partial charge is 0.225 e. The van der Waals surface area contributed by atoms with Gasteiger partial charge in [0.1, 0.15) is 0 Å². The van der Waals surface area contributed by atoms with Crippen molar-refractivity contribution in [2.75, 3.05) is 29.9 Å². The second kappa shape index (κ2) is 10.1. The van der Waals surface area contributed by atoms with Crippen LogP contribution in [0.25, 0.3) is 0 Å². The first-order chi connectivity index (χ1) is 15.5. The van der Waals surface area contributed by atoms with Crippen LogP contribution in [0.2, 0.25) is 0 Å². The summed E-state index contributed by atoms with van der Waals surface area (Å²) in [7, 11) is 0. The molecule has 3 N–H and O–H groups in total. The van der Waals surface area contributed by atoms with Crippen LogP contribution in [0.5, 0.6) is 0 Å². The van der Waals surface area contributed by atoms with E-state index < -0.39 is 0 Å². The fourth-order valence-electron chi connectivity index (χ4n) is 4.58. The number of hydrogen-bond donors (Lipinski definition) is 3. The lowest BCUT2D eigenvalue weighted by Crippen LogP contribution is -2.35. The second-order valence-electron chi connectivity index (χ2n) is 9.36. The molecule has 2 fully saturated rings. The molecule has 2 aliphatic rings. The molecule has 32 heavy (non-hydrogen) atoms. The van der Waals surface area contributed by atoms with Crippen LogP contribution >= 0.6 is 0 Å². The van der Waals surface area contributed by atoms with E-state index in [0.717, 1.165) is 41.9 Å². The molecule has 0 spiro atoms. The van der Waals surface area contributed by atoms with Crippen LogP contribution < -0.4 is 20.9 Å². The van der Waals surface area contributed by atoms with E-state index in [2.05, 4.69) is 59.0 Å². The van der Waals surface area contributed by atoms with Gasteiger partial charge in [-0.2, -0.15) is 0 Å². The molecule has 170 valence electrons. The largest absolute Gasteiger partial charge is 0.372 e. The Morgan fingerprint density at radius 2 is 1.66 bits per heavy atom. The molecule has 4 rings (SSSR count). The maximum Gasteiger partial charge on any atom is 0.225 e. The average Bonchev–Trinajstić information content (AvgIpc) is 3.25. The minimum atomic E-state index is -0.256. The van der Waals surface area contributed by atoms with Crippen molar-refractivity contribution in [3.8, 4) is 0 Å². The SMILES string of the molecule is CC(C)C1CCN(c2ccc(Nc3ccc(CNC(=O)C4CNC(=O)C4)cc3)cc2)CC1. The van der Waals surface area contributed by atoms with Crippen LogP contribution in [0, 0.1) is 17.8 Å². The van der Waals surface area contributed by atoms with Crippen molar-refractivity contribution in [2.45, 2.75) is 39.7 Å². The average molecular weight is 435 g/mol. The summed E-state index contributed by atoms with van der Waals surface area (Å²) in [5, 5.41) is 9.06. The zero-order valence-electron chi connectivity index (χ0n) is 19.1. The van der Waals surface area contributed by atoms with Crippen LogP contribution in [0.4, 0.5) is 17.1 Å². The van der Waals surface area contributed by atoms with Gasteiger partial charge in [-0.25, -0.2) is 0 Å². The molecule has 1 unspecified atom stereocenters. The van der Waals surface area contributed by atoms with Gasteiger partial charge in [-0.05, 0) is 66.6 Å². The highest BCUT2D eigenvalue weighted by Gasteiger charge is 2.27. The Kier molecular flexibility index (Phi) is 6.98. The summed E-state index contributed by atoms with van der Waals surface area (Å²) in [5.41, 5.74) is 4.39. The highest BCUT2D eigenvalue weighted by Crippen LogP contribution is 2.29. The highest BCUT2D eigenvalue weighted by atomic mass is 16.2. The minimum absolute atomic E-state index is 0.0516. The molecule has 2 saturated heterocycles. The van der Waals surface area contributed by atoms with Crippen LogP contribution in [-0.2, 0) is 16.1 Å². The third-order valence-corrected chi connectivity index (χ3v) is 6.77. The highest BCUT2D eigenvalue weighted by molar-refractivity contribution is 5.89. The summed E-state index contributed by atoms with van der Waals surface area (Å²) in [6.07, 6.45) is 2.84. The normalized spacial score (nSPS) is 19.2. The predicted molar refractivity (Wildman–Crippen MR) is 129 cm³/mol. The van der Waals surface area contributed by atoms with Crippen LogP contribution in [0.3, 0.4) is 0 Å². The third kappa shape index (κ3) is 5.61. The molecule has 2 aliphatic heterocycles. The van der Waals surface area contributed by atoms with Crippen LogP contribution in [0.15, 0.2) is 48.5 Å². The molecule has 0 bridgehead atoms. The number of amides is 2. The fraction of sp³-hybridized carbons (Fsp3) is 0.462. The van der Waals surface area contributed by atoms with Gasteiger partial charge in [0.2, 0.25) is 11.8 Å². The van der Waals surface area contributed by atoms with E-state index in [0.29, 0.717) is 13.1 Å². The molecule has 0 aliphatic carbocycles. The van der Waals surface area contributed by atoms with Gasteiger partial charge >= 0.3 is 0 Å². The van der Waals surface area contributed by atoms with Gasteiger partial charge in [0.25, 0.3) is 0 Å². The van der Waals surface area contributed by atoms with Gasteiger partial charge in [0.05, 0.1) is 5.92 Å². The fourth-order valence-corrected chi connectivity index (χ4v) is 4.58. The number of nitrogens with one attached hydrogen (secondary N) is 3. The van der Waals surface area contributed by atoms with Gasteiger partial charge in [-0.3, -0.25) is 9.59 Å². The Labute approximate surface area is 190 Å². The quantitative estimate of drug-likeness (QED) is 0.615. The number of hydrogen-bond acceptors (Lipinski definition) is 4. The van der Waals surface area contributed by atoms with E-state index in [1.165, 1.54) is 18.5 Å². The first kappa shape index (κ1) is 22.2. The summed E-state index contributed by atoms with van der Waals surface area (Å²) in [6, 6.07) is 16.7. The lowest BCUT2D eigenvalue weighted by molar-refractivity contribution is -0.126. The van der Waals surface area contributed by atoms with Crippen molar-refractivity contribution in [3.63, 3.8) is 0 Å². The number of rotatable bonds is 7. The molecule has 2 aromatic rings. The van der Waals surface area contributed by atoms with E-state index in [1.54, 1.807) is 0 Å². The summed E-state index contributed by atoms with van der Waals surface area (Å²) in [4.78, 5) is 25.9. The number of carbonyl (C=O) groups excluding carboxylic acids is 2. The van der Waals surface area contributed by atoms with Crippen LogP contribution in [-0.4, -0.2) is 31.4 Å². The van der Waals surface area contributed by atoms with Crippen molar-refractivity contribution in [3.05, 3.63) is 54.1 Å². The molecule has 2 heterocycles. The maximum atomic E-state index is 12.1. The number of nitrogens with zero attached hydrogens (tertiary/aromatic N) is 1. The maximum absolute atomic E-state index is 12.1.